The molecule has 0 aromatic heterocycles. The van der Waals surface area contributed by atoms with Crippen molar-refractivity contribution in [1.29, 1.82) is 0 Å². The van der Waals surface area contributed by atoms with Gasteiger partial charge in [0.15, 0.2) is 0 Å². The number of carbonyl (C=O) groups excluding carboxylic acids is 1. The minimum absolute atomic E-state index is 0.0745. The lowest BCUT2D eigenvalue weighted by Gasteiger charge is -2.18. The maximum absolute atomic E-state index is 11.1. The second-order valence-corrected chi connectivity index (χ2v) is 5.56. The number of aryl methyl sites for hydroxylation is 1. The molecule has 1 unspecified atom stereocenters. The summed E-state index contributed by atoms with van der Waals surface area (Å²) in [5, 5.41) is 6.89. The molecule has 4 heteroatoms. The molecule has 21 heavy (non-hydrogen) atoms. The van der Waals surface area contributed by atoms with Crippen molar-refractivity contribution in [3.63, 3.8) is 0 Å². The van der Waals surface area contributed by atoms with Gasteiger partial charge in [0, 0.05) is 18.7 Å². The average molecular weight is 303 g/mol. The van der Waals surface area contributed by atoms with Crippen molar-refractivity contribution in [3.8, 4) is 0 Å². The Morgan fingerprint density at radius 3 is 2.67 bits per heavy atom. The van der Waals surface area contributed by atoms with Gasteiger partial charge in [-0.1, -0.05) is 29.8 Å². The molecule has 0 aliphatic rings. The molecule has 0 heterocycles. The summed E-state index contributed by atoms with van der Waals surface area (Å²) in [6, 6.07) is 13.8. The summed E-state index contributed by atoms with van der Waals surface area (Å²) < 4.78 is 0. The van der Waals surface area contributed by atoms with Crippen LogP contribution in [0.15, 0.2) is 42.5 Å². The van der Waals surface area contributed by atoms with Crippen molar-refractivity contribution in [2.24, 2.45) is 0 Å². The highest BCUT2D eigenvalue weighted by molar-refractivity contribution is 6.33. The van der Waals surface area contributed by atoms with Gasteiger partial charge < -0.3 is 10.6 Å². The first-order valence-electron chi connectivity index (χ1n) is 6.86. The Balaban J connectivity index is 2.18. The molecule has 110 valence electrons. The van der Waals surface area contributed by atoms with Gasteiger partial charge in [-0.2, -0.15) is 0 Å². The smallest absolute Gasteiger partial charge is 0.221 e. The summed E-state index contributed by atoms with van der Waals surface area (Å²) in [7, 11) is 0. The molecule has 2 N–H and O–H groups in total. The summed E-state index contributed by atoms with van der Waals surface area (Å²) in [6.07, 6.45) is 0. The number of rotatable bonds is 4. The summed E-state index contributed by atoms with van der Waals surface area (Å²) >= 11 is 6.21. The van der Waals surface area contributed by atoms with E-state index < -0.39 is 0 Å². The van der Waals surface area contributed by atoms with Crippen LogP contribution in [0.1, 0.15) is 31.0 Å². The van der Waals surface area contributed by atoms with E-state index in [0.717, 1.165) is 22.5 Å². The highest BCUT2D eigenvalue weighted by Crippen LogP contribution is 2.28. The Morgan fingerprint density at radius 1 is 1.19 bits per heavy atom. The molecule has 2 aromatic rings. The largest absolute Gasteiger partial charge is 0.377 e. The number of amides is 1. The average Bonchev–Trinajstić information content (AvgIpc) is 2.42. The molecule has 2 rings (SSSR count). The summed E-state index contributed by atoms with van der Waals surface area (Å²) in [5.74, 6) is -0.0745. The zero-order valence-corrected chi connectivity index (χ0v) is 13.2. The molecule has 1 amide bonds. The quantitative estimate of drug-likeness (QED) is 0.853. The van der Waals surface area contributed by atoms with E-state index in [9.17, 15) is 4.79 Å². The lowest BCUT2D eigenvalue weighted by Crippen LogP contribution is -2.09. The predicted molar refractivity (Wildman–Crippen MR) is 89.0 cm³/mol. The van der Waals surface area contributed by atoms with E-state index in [4.69, 9.17) is 11.6 Å². The van der Waals surface area contributed by atoms with Crippen LogP contribution < -0.4 is 10.6 Å². The van der Waals surface area contributed by atoms with Crippen molar-refractivity contribution in [3.05, 3.63) is 58.6 Å². The number of carbonyl (C=O) groups is 1. The zero-order chi connectivity index (χ0) is 15.4. The van der Waals surface area contributed by atoms with Crippen LogP contribution in [-0.4, -0.2) is 5.91 Å². The Hall–Kier alpha value is -2.00. The first kappa shape index (κ1) is 15.4. The molecular weight excluding hydrogens is 284 g/mol. The van der Waals surface area contributed by atoms with Gasteiger partial charge >= 0.3 is 0 Å². The van der Waals surface area contributed by atoms with Gasteiger partial charge in [-0.3, -0.25) is 4.79 Å². The van der Waals surface area contributed by atoms with Gasteiger partial charge in [0.05, 0.1) is 10.7 Å². The standard InChI is InChI=1S/C17H19ClN2O/c1-11-7-8-16(18)17(9-11)19-12(2)14-5-4-6-15(10-14)20-13(3)21/h4-10,12,19H,1-3H3,(H,20,21). The number of benzene rings is 2. The number of halogens is 1. The second kappa shape index (κ2) is 6.64. The molecule has 0 fully saturated rings. The first-order chi connectivity index (χ1) is 9.95. The van der Waals surface area contributed by atoms with Crippen molar-refractivity contribution >= 4 is 28.9 Å². The van der Waals surface area contributed by atoms with Crippen LogP contribution in [0.25, 0.3) is 0 Å². The molecule has 0 saturated carbocycles. The monoisotopic (exact) mass is 302 g/mol. The maximum Gasteiger partial charge on any atom is 0.221 e. The lowest BCUT2D eigenvalue weighted by atomic mass is 10.1. The summed E-state index contributed by atoms with van der Waals surface area (Å²) in [4.78, 5) is 11.1. The molecule has 0 bridgehead atoms. The van der Waals surface area contributed by atoms with Crippen LogP contribution >= 0.6 is 11.6 Å². The van der Waals surface area contributed by atoms with Crippen molar-refractivity contribution < 1.29 is 4.79 Å². The summed E-state index contributed by atoms with van der Waals surface area (Å²) in [6.45, 7) is 5.59. The van der Waals surface area contributed by atoms with Crippen LogP contribution in [0.4, 0.5) is 11.4 Å². The first-order valence-corrected chi connectivity index (χ1v) is 7.24. The SMILES string of the molecule is CC(=O)Nc1cccc(C(C)Nc2cc(C)ccc2Cl)c1. The van der Waals surface area contributed by atoms with E-state index in [-0.39, 0.29) is 11.9 Å². The fourth-order valence-corrected chi connectivity index (χ4v) is 2.33. The Morgan fingerprint density at radius 2 is 1.95 bits per heavy atom. The fourth-order valence-electron chi connectivity index (χ4n) is 2.16. The van der Waals surface area contributed by atoms with Gasteiger partial charge in [-0.05, 0) is 49.2 Å². The van der Waals surface area contributed by atoms with Gasteiger partial charge in [-0.15, -0.1) is 0 Å². The van der Waals surface area contributed by atoms with E-state index >= 15 is 0 Å². The van der Waals surface area contributed by atoms with E-state index in [0.29, 0.717) is 5.02 Å². The third-order valence-electron chi connectivity index (χ3n) is 3.20. The molecular formula is C17H19ClN2O. The van der Waals surface area contributed by atoms with E-state index in [1.165, 1.54) is 6.92 Å². The van der Waals surface area contributed by atoms with Crippen molar-refractivity contribution in [2.75, 3.05) is 10.6 Å². The van der Waals surface area contributed by atoms with Crippen LogP contribution in [0, 0.1) is 6.92 Å². The normalized spacial score (nSPS) is 11.8. The minimum Gasteiger partial charge on any atom is -0.377 e. The van der Waals surface area contributed by atoms with Crippen molar-refractivity contribution in [2.45, 2.75) is 26.8 Å². The van der Waals surface area contributed by atoms with E-state index in [2.05, 4.69) is 17.6 Å². The highest BCUT2D eigenvalue weighted by atomic mass is 35.5. The fraction of sp³-hybridized carbons (Fsp3) is 0.235. The van der Waals surface area contributed by atoms with Crippen LogP contribution in [-0.2, 0) is 4.79 Å². The number of nitrogens with one attached hydrogen (secondary N) is 2. The molecule has 0 aliphatic carbocycles. The Labute approximate surface area is 130 Å². The number of hydrogen-bond acceptors (Lipinski definition) is 2. The van der Waals surface area contributed by atoms with Crippen LogP contribution in [0.5, 0.6) is 0 Å². The third kappa shape index (κ3) is 4.23. The number of hydrogen-bond donors (Lipinski definition) is 2. The van der Waals surface area contributed by atoms with Gasteiger partial charge in [0.1, 0.15) is 0 Å². The molecule has 3 nitrogen and oxygen atoms in total. The maximum atomic E-state index is 11.1. The van der Waals surface area contributed by atoms with E-state index in [1.807, 2.05) is 49.4 Å². The Bertz CT molecular complexity index is 655. The third-order valence-corrected chi connectivity index (χ3v) is 3.53. The van der Waals surface area contributed by atoms with Crippen molar-refractivity contribution in [1.82, 2.24) is 0 Å². The van der Waals surface area contributed by atoms with Gasteiger partial charge in [0.25, 0.3) is 0 Å². The van der Waals surface area contributed by atoms with Gasteiger partial charge in [-0.25, -0.2) is 0 Å². The zero-order valence-electron chi connectivity index (χ0n) is 12.4. The van der Waals surface area contributed by atoms with Gasteiger partial charge in [0.2, 0.25) is 5.91 Å². The molecule has 1 atom stereocenters. The molecule has 0 saturated heterocycles. The topological polar surface area (TPSA) is 41.1 Å². The number of anilines is 2. The molecule has 0 radical (unpaired) electrons. The lowest BCUT2D eigenvalue weighted by molar-refractivity contribution is -0.114. The predicted octanol–water partition coefficient (Wildman–Crippen LogP) is 4.78. The minimum atomic E-state index is -0.0745. The highest BCUT2D eigenvalue weighted by Gasteiger charge is 2.09. The van der Waals surface area contributed by atoms with Crippen LogP contribution in [0.3, 0.4) is 0 Å². The van der Waals surface area contributed by atoms with E-state index in [1.54, 1.807) is 0 Å². The molecule has 0 aliphatic heterocycles. The summed E-state index contributed by atoms with van der Waals surface area (Å²) in [5.41, 5.74) is 3.94. The molecule has 2 aromatic carbocycles. The van der Waals surface area contributed by atoms with Crippen LogP contribution in [0.2, 0.25) is 5.02 Å². The second-order valence-electron chi connectivity index (χ2n) is 5.16. The Kier molecular flexibility index (Phi) is 4.86. The molecule has 0 spiro atoms.